The second-order valence-corrected chi connectivity index (χ2v) is 5.03. The number of aromatic nitrogens is 2. The van der Waals surface area contributed by atoms with Gasteiger partial charge in [-0.15, -0.1) is 0 Å². The normalized spacial score (nSPS) is 14.3. The second-order valence-electron chi connectivity index (χ2n) is 5.03. The summed E-state index contributed by atoms with van der Waals surface area (Å²) in [6.07, 6.45) is 4.80. The number of hydrogen-bond acceptors (Lipinski definition) is 2. The van der Waals surface area contributed by atoms with Gasteiger partial charge in [-0.3, -0.25) is 0 Å². The Hall–Kier alpha value is -1.61. The van der Waals surface area contributed by atoms with Crippen LogP contribution < -0.4 is 0 Å². The lowest BCUT2D eigenvalue weighted by Gasteiger charge is -2.17. The first-order valence-corrected chi connectivity index (χ1v) is 6.93. The lowest BCUT2D eigenvalue weighted by atomic mass is 9.94. The summed E-state index contributed by atoms with van der Waals surface area (Å²) in [6, 6.07) is 10.3. The Morgan fingerprint density at radius 1 is 1.26 bits per heavy atom. The molecule has 1 N–H and O–H groups in total. The number of aryl methyl sites for hydroxylation is 1. The highest BCUT2D eigenvalue weighted by atomic mass is 16.3. The summed E-state index contributed by atoms with van der Waals surface area (Å²) in [7, 11) is 0. The first-order valence-electron chi connectivity index (χ1n) is 6.93. The average molecular weight is 258 g/mol. The number of imidazole rings is 1. The van der Waals surface area contributed by atoms with E-state index < -0.39 is 0 Å². The summed E-state index contributed by atoms with van der Waals surface area (Å²) in [5.74, 6) is 1.33. The van der Waals surface area contributed by atoms with Crippen LogP contribution in [0.1, 0.15) is 37.6 Å². The van der Waals surface area contributed by atoms with E-state index in [1.807, 2.05) is 24.4 Å². The van der Waals surface area contributed by atoms with Crippen molar-refractivity contribution in [1.82, 2.24) is 9.55 Å². The highest BCUT2D eigenvalue weighted by Gasteiger charge is 2.14. The third-order valence-corrected chi connectivity index (χ3v) is 3.55. The van der Waals surface area contributed by atoms with Crippen LogP contribution in [0.25, 0.3) is 0 Å². The van der Waals surface area contributed by atoms with Gasteiger partial charge in [-0.25, -0.2) is 4.98 Å². The van der Waals surface area contributed by atoms with E-state index in [9.17, 15) is 5.11 Å². The van der Waals surface area contributed by atoms with Gasteiger partial charge < -0.3 is 9.67 Å². The summed E-state index contributed by atoms with van der Waals surface area (Å²) in [4.78, 5) is 4.31. The van der Waals surface area contributed by atoms with E-state index in [1.165, 1.54) is 5.56 Å². The number of aliphatic hydroxyl groups is 1. The van der Waals surface area contributed by atoms with Gasteiger partial charge in [0.1, 0.15) is 5.82 Å². The van der Waals surface area contributed by atoms with E-state index in [0.717, 1.165) is 18.8 Å². The molecule has 2 aromatic rings. The second kappa shape index (κ2) is 6.53. The van der Waals surface area contributed by atoms with Crippen molar-refractivity contribution in [3.8, 4) is 0 Å². The van der Waals surface area contributed by atoms with Crippen molar-refractivity contribution in [3.05, 3.63) is 54.1 Å². The van der Waals surface area contributed by atoms with Crippen LogP contribution in [0.2, 0.25) is 0 Å². The van der Waals surface area contributed by atoms with Crippen LogP contribution >= 0.6 is 0 Å². The molecular weight excluding hydrogens is 236 g/mol. The molecule has 0 aliphatic carbocycles. The number of rotatable bonds is 6. The van der Waals surface area contributed by atoms with Crippen molar-refractivity contribution in [2.24, 2.45) is 0 Å². The number of aliphatic hydroxyl groups excluding tert-OH is 1. The maximum Gasteiger partial charge on any atom is 0.111 e. The first kappa shape index (κ1) is 13.8. The Bertz CT molecular complexity index is 492. The summed E-state index contributed by atoms with van der Waals surface area (Å²) >= 11 is 0. The Labute approximate surface area is 114 Å². The Kier molecular flexibility index (Phi) is 4.74. The van der Waals surface area contributed by atoms with Crippen molar-refractivity contribution in [1.29, 1.82) is 0 Å². The molecule has 3 heteroatoms. The maximum atomic E-state index is 10.2. The van der Waals surface area contributed by atoms with E-state index in [1.54, 1.807) is 6.20 Å². The molecule has 1 aromatic heterocycles. The van der Waals surface area contributed by atoms with Crippen LogP contribution in [0.3, 0.4) is 0 Å². The molecule has 1 heterocycles. The zero-order valence-corrected chi connectivity index (χ0v) is 11.7. The minimum Gasteiger partial charge on any atom is -0.393 e. The van der Waals surface area contributed by atoms with Crippen molar-refractivity contribution in [3.63, 3.8) is 0 Å². The SMILES string of the molecule is CCn1ccnc1CC(O)CC(C)c1ccccc1. The molecule has 0 aliphatic rings. The molecule has 2 unspecified atom stereocenters. The van der Waals surface area contributed by atoms with E-state index in [4.69, 9.17) is 0 Å². The molecule has 0 saturated heterocycles. The molecule has 0 fully saturated rings. The zero-order chi connectivity index (χ0) is 13.7. The Morgan fingerprint density at radius 2 is 2.00 bits per heavy atom. The third kappa shape index (κ3) is 3.67. The Morgan fingerprint density at radius 3 is 2.68 bits per heavy atom. The molecule has 2 rings (SSSR count). The lowest BCUT2D eigenvalue weighted by molar-refractivity contribution is 0.154. The summed E-state index contributed by atoms with van der Waals surface area (Å²) in [6.45, 7) is 5.14. The maximum absolute atomic E-state index is 10.2. The fourth-order valence-electron chi connectivity index (χ4n) is 2.44. The quantitative estimate of drug-likeness (QED) is 0.865. The van der Waals surface area contributed by atoms with Crippen LogP contribution in [0, 0.1) is 0 Å². The van der Waals surface area contributed by atoms with Crippen molar-refractivity contribution in [2.45, 2.75) is 45.3 Å². The molecule has 0 spiro atoms. The van der Waals surface area contributed by atoms with Crippen molar-refractivity contribution in [2.75, 3.05) is 0 Å². The third-order valence-electron chi connectivity index (χ3n) is 3.55. The monoisotopic (exact) mass is 258 g/mol. The van der Waals surface area contributed by atoms with Gasteiger partial charge in [0.15, 0.2) is 0 Å². The minimum absolute atomic E-state index is 0.345. The predicted octanol–water partition coefficient (Wildman–Crippen LogP) is 3.00. The highest BCUT2D eigenvalue weighted by molar-refractivity contribution is 5.18. The topological polar surface area (TPSA) is 38.0 Å². The van der Waals surface area contributed by atoms with E-state index in [-0.39, 0.29) is 6.10 Å². The molecular formula is C16H22N2O. The summed E-state index contributed by atoms with van der Waals surface area (Å²) < 4.78 is 2.08. The van der Waals surface area contributed by atoms with Gasteiger partial charge >= 0.3 is 0 Å². The van der Waals surface area contributed by atoms with Gasteiger partial charge in [-0.2, -0.15) is 0 Å². The van der Waals surface area contributed by atoms with Gasteiger partial charge in [0.05, 0.1) is 6.10 Å². The Balaban J connectivity index is 1.93. The minimum atomic E-state index is -0.345. The number of hydrogen-bond donors (Lipinski definition) is 1. The van der Waals surface area contributed by atoms with E-state index in [0.29, 0.717) is 12.3 Å². The van der Waals surface area contributed by atoms with Crippen molar-refractivity contribution < 1.29 is 5.11 Å². The van der Waals surface area contributed by atoms with Crippen LogP contribution in [0.4, 0.5) is 0 Å². The van der Waals surface area contributed by atoms with E-state index >= 15 is 0 Å². The highest BCUT2D eigenvalue weighted by Crippen LogP contribution is 2.21. The summed E-state index contributed by atoms with van der Waals surface area (Å²) in [5, 5.41) is 10.2. The smallest absolute Gasteiger partial charge is 0.111 e. The van der Waals surface area contributed by atoms with E-state index in [2.05, 4.69) is 35.5 Å². The van der Waals surface area contributed by atoms with Gasteiger partial charge in [0, 0.05) is 25.4 Å². The fourth-order valence-corrected chi connectivity index (χ4v) is 2.44. The number of nitrogens with zero attached hydrogens (tertiary/aromatic N) is 2. The standard InChI is InChI=1S/C16H22N2O/c1-3-18-10-9-17-16(18)12-15(19)11-13(2)14-7-5-4-6-8-14/h4-10,13,15,19H,3,11-12H2,1-2H3. The molecule has 0 saturated carbocycles. The van der Waals surface area contributed by atoms with Crippen LogP contribution in [-0.4, -0.2) is 20.8 Å². The van der Waals surface area contributed by atoms with Gasteiger partial charge in [0.2, 0.25) is 0 Å². The molecule has 0 aliphatic heterocycles. The van der Waals surface area contributed by atoms with Crippen LogP contribution in [-0.2, 0) is 13.0 Å². The average Bonchev–Trinajstić information content (AvgIpc) is 2.86. The molecule has 19 heavy (non-hydrogen) atoms. The van der Waals surface area contributed by atoms with Crippen LogP contribution in [0.5, 0.6) is 0 Å². The molecule has 102 valence electrons. The molecule has 2 atom stereocenters. The van der Waals surface area contributed by atoms with Gasteiger partial charge in [-0.05, 0) is 24.8 Å². The number of benzene rings is 1. The molecule has 0 bridgehead atoms. The lowest BCUT2D eigenvalue weighted by Crippen LogP contribution is -2.17. The molecule has 0 radical (unpaired) electrons. The van der Waals surface area contributed by atoms with Gasteiger partial charge in [-0.1, -0.05) is 37.3 Å². The van der Waals surface area contributed by atoms with Gasteiger partial charge in [0.25, 0.3) is 0 Å². The zero-order valence-electron chi connectivity index (χ0n) is 11.7. The first-order chi connectivity index (χ1) is 9.20. The fraction of sp³-hybridized carbons (Fsp3) is 0.438. The molecule has 0 amide bonds. The van der Waals surface area contributed by atoms with Crippen LogP contribution in [0.15, 0.2) is 42.7 Å². The molecule has 3 nitrogen and oxygen atoms in total. The largest absolute Gasteiger partial charge is 0.393 e. The predicted molar refractivity (Wildman–Crippen MR) is 77.1 cm³/mol. The van der Waals surface area contributed by atoms with Crippen molar-refractivity contribution >= 4 is 0 Å². The molecule has 1 aromatic carbocycles. The summed E-state index contributed by atoms with van der Waals surface area (Å²) in [5.41, 5.74) is 1.28.